The zero-order chi connectivity index (χ0) is 14.8. The SMILES string of the molecule is O[C@H]1CCN(c2ccc(Nc3nc(Cl)ncc3Cl)cc2)C1. The second-order valence-corrected chi connectivity index (χ2v) is 5.64. The van der Waals surface area contributed by atoms with E-state index in [4.69, 9.17) is 23.2 Å². The lowest BCUT2D eigenvalue weighted by Gasteiger charge is -2.18. The predicted octanol–water partition coefficient (Wildman–Crippen LogP) is 3.10. The van der Waals surface area contributed by atoms with Gasteiger partial charge in [0.2, 0.25) is 5.28 Å². The van der Waals surface area contributed by atoms with Crippen LogP contribution in [0.2, 0.25) is 10.3 Å². The van der Waals surface area contributed by atoms with Crippen molar-refractivity contribution in [2.24, 2.45) is 0 Å². The van der Waals surface area contributed by atoms with E-state index in [0.29, 0.717) is 17.4 Å². The average Bonchev–Trinajstić information content (AvgIpc) is 2.90. The van der Waals surface area contributed by atoms with Crippen molar-refractivity contribution in [1.82, 2.24) is 9.97 Å². The monoisotopic (exact) mass is 324 g/mol. The molecule has 0 aliphatic carbocycles. The molecule has 1 fully saturated rings. The van der Waals surface area contributed by atoms with Gasteiger partial charge in [0.25, 0.3) is 0 Å². The maximum Gasteiger partial charge on any atom is 0.224 e. The van der Waals surface area contributed by atoms with E-state index in [0.717, 1.165) is 24.3 Å². The lowest BCUT2D eigenvalue weighted by molar-refractivity contribution is 0.198. The smallest absolute Gasteiger partial charge is 0.224 e. The molecule has 1 aliphatic rings. The topological polar surface area (TPSA) is 61.3 Å². The number of anilines is 3. The van der Waals surface area contributed by atoms with E-state index in [1.54, 1.807) is 0 Å². The molecule has 1 aromatic carbocycles. The zero-order valence-electron chi connectivity index (χ0n) is 11.1. The van der Waals surface area contributed by atoms with E-state index in [1.165, 1.54) is 6.20 Å². The molecular formula is C14H14Cl2N4O. The van der Waals surface area contributed by atoms with Crippen molar-refractivity contribution in [3.8, 4) is 0 Å². The van der Waals surface area contributed by atoms with E-state index in [1.807, 2.05) is 24.3 Å². The van der Waals surface area contributed by atoms with Gasteiger partial charge in [0.15, 0.2) is 5.82 Å². The molecule has 5 nitrogen and oxygen atoms in total. The van der Waals surface area contributed by atoms with Crippen molar-refractivity contribution in [1.29, 1.82) is 0 Å². The molecule has 0 radical (unpaired) electrons. The fourth-order valence-corrected chi connectivity index (χ4v) is 2.57. The number of aromatic nitrogens is 2. The van der Waals surface area contributed by atoms with Crippen molar-refractivity contribution < 1.29 is 5.11 Å². The third kappa shape index (κ3) is 3.37. The van der Waals surface area contributed by atoms with Gasteiger partial charge in [-0.25, -0.2) is 4.98 Å². The molecule has 0 amide bonds. The van der Waals surface area contributed by atoms with Gasteiger partial charge in [-0.3, -0.25) is 0 Å². The number of aliphatic hydroxyl groups excluding tert-OH is 1. The first-order chi connectivity index (χ1) is 10.1. The number of nitrogens with zero attached hydrogens (tertiary/aromatic N) is 3. The molecule has 7 heteroatoms. The van der Waals surface area contributed by atoms with E-state index < -0.39 is 0 Å². The minimum Gasteiger partial charge on any atom is -0.391 e. The summed E-state index contributed by atoms with van der Waals surface area (Å²) in [5, 5.41) is 13.2. The van der Waals surface area contributed by atoms with Gasteiger partial charge in [-0.1, -0.05) is 11.6 Å². The molecule has 1 aliphatic heterocycles. The van der Waals surface area contributed by atoms with Gasteiger partial charge in [0, 0.05) is 24.5 Å². The third-order valence-electron chi connectivity index (χ3n) is 3.37. The maximum absolute atomic E-state index is 9.57. The molecular weight excluding hydrogens is 311 g/mol. The van der Waals surface area contributed by atoms with Gasteiger partial charge in [-0.05, 0) is 42.3 Å². The summed E-state index contributed by atoms with van der Waals surface area (Å²) in [6, 6.07) is 7.87. The highest BCUT2D eigenvalue weighted by molar-refractivity contribution is 6.33. The number of nitrogens with one attached hydrogen (secondary N) is 1. The quantitative estimate of drug-likeness (QED) is 0.849. The summed E-state index contributed by atoms with van der Waals surface area (Å²) in [5.74, 6) is 0.473. The molecule has 3 rings (SSSR count). The first-order valence-electron chi connectivity index (χ1n) is 6.60. The summed E-state index contributed by atoms with van der Waals surface area (Å²) >= 11 is 11.8. The molecule has 2 heterocycles. The molecule has 1 aromatic heterocycles. The summed E-state index contributed by atoms with van der Waals surface area (Å²) in [5.41, 5.74) is 1.94. The Morgan fingerprint density at radius 2 is 2.00 bits per heavy atom. The van der Waals surface area contributed by atoms with Gasteiger partial charge in [-0.2, -0.15) is 4.98 Å². The zero-order valence-corrected chi connectivity index (χ0v) is 12.6. The van der Waals surface area contributed by atoms with Crippen LogP contribution in [0.1, 0.15) is 6.42 Å². The molecule has 0 bridgehead atoms. The Labute approximate surface area is 132 Å². The molecule has 110 valence electrons. The minimum atomic E-state index is -0.232. The summed E-state index contributed by atoms with van der Waals surface area (Å²) in [4.78, 5) is 10.0. The van der Waals surface area contributed by atoms with Crippen LogP contribution in [0.25, 0.3) is 0 Å². The maximum atomic E-state index is 9.57. The number of halogens is 2. The Morgan fingerprint density at radius 1 is 1.24 bits per heavy atom. The number of β-amino-alcohol motifs (C(OH)–C–C–N with tert-alkyl or cyclic N) is 1. The second kappa shape index (κ2) is 6.05. The van der Waals surface area contributed by atoms with Crippen LogP contribution in [-0.2, 0) is 0 Å². The average molecular weight is 325 g/mol. The van der Waals surface area contributed by atoms with Gasteiger partial charge >= 0.3 is 0 Å². The summed E-state index contributed by atoms with van der Waals surface area (Å²) < 4.78 is 0. The van der Waals surface area contributed by atoms with Crippen LogP contribution in [0.3, 0.4) is 0 Å². The van der Waals surface area contributed by atoms with Crippen LogP contribution in [0.15, 0.2) is 30.5 Å². The fraction of sp³-hybridized carbons (Fsp3) is 0.286. The largest absolute Gasteiger partial charge is 0.391 e. The molecule has 1 atom stereocenters. The molecule has 1 saturated heterocycles. The van der Waals surface area contributed by atoms with Crippen LogP contribution in [-0.4, -0.2) is 34.3 Å². The number of hydrogen-bond acceptors (Lipinski definition) is 5. The first-order valence-corrected chi connectivity index (χ1v) is 7.35. The standard InChI is InChI=1S/C14H14Cl2N4O/c15-12-7-17-14(16)19-13(12)18-9-1-3-10(4-2-9)20-6-5-11(21)8-20/h1-4,7,11,21H,5-6,8H2,(H,17,18,19)/t11-/m0/s1. The second-order valence-electron chi connectivity index (χ2n) is 4.90. The molecule has 0 spiro atoms. The molecule has 2 aromatic rings. The van der Waals surface area contributed by atoms with E-state index in [2.05, 4.69) is 20.2 Å². The highest BCUT2D eigenvalue weighted by Gasteiger charge is 2.20. The minimum absolute atomic E-state index is 0.143. The number of hydrogen-bond donors (Lipinski definition) is 2. The fourth-order valence-electron chi connectivity index (χ4n) is 2.30. The van der Waals surface area contributed by atoms with Crippen LogP contribution < -0.4 is 10.2 Å². The normalized spacial score (nSPS) is 18.0. The van der Waals surface area contributed by atoms with Gasteiger partial charge < -0.3 is 15.3 Å². The molecule has 0 unspecified atom stereocenters. The van der Waals surface area contributed by atoms with Crippen molar-refractivity contribution in [2.75, 3.05) is 23.3 Å². The lowest BCUT2D eigenvalue weighted by Crippen LogP contribution is -2.20. The summed E-state index contributed by atoms with van der Waals surface area (Å²) in [6.45, 7) is 1.56. The Balaban J connectivity index is 1.74. The van der Waals surface area contributed by atoms with Gasteiger partial charge in [0.05, 0.1) is 12.3 Å². The predicted molar refractivity (Wildman–Crippen MR) is 84.6 cm³/mol. The van der Waals surface area contributed by atoms with Crippen LogP contribution in [0, 0.1) is 0 Å². The number of benzene rings is 1. The van der Waals surface area contributed by atoms with Crippen molar-refractivity contribution in [3.63, 3.8) is 0 Å². The molecule has 0 saturated carbocycles. The van der Waals surface area contributed by atoms with Gasteiger partial charge in [0.1, 0.15) is 5.02 Å². The van der Waals surface area contributed by atoms with E-state index in [-0.39, 0.29) is 11.4 Å². The Kier molecular flexibility index (Phi) is 4.14. The van der Waals surface area contributed by atoms with Gasteiger partial charge in [-0.15, -0.1) is 0 Å². The third-order valence-corrected chi connectivity index (χ3v) is 3.83. The van der Waals surface area contributed by atoms with Crippen LogP contribution >= 0.6 is 23.2 Å². The lowest BCUT2D eigenvalue weighted by atomic mass is 10.2. The Bertz CT molecular complexity index is 635. The van der Waals surface area contributed by atoms with Crippen molar-refractivity contribution in [3.05, 3.63) is 40.8 Å². The highest BCUT2D eigenvalue weighted by Crippen LogP contribution is 2.26. The van der Waals surface area contributed by atoms with Crippen molar-refractivity contribution in [2.45, 2.75) is 12.5 Å². The van der Waals surface area contributed by atoms with Crippen LogP contribution in [0.5, 0.6) is 0 Å². The first kappa shape index (κ1) is 14.4. The highest BCUT2D eigenvalue weighted by atomic mass is 35.5. The van der Waals surface area contributed by atoms with Crippen LogP contribution in [0.4, 0.5) is 17.2 Å². The molecule has 2 N–H and O–H groups in total. The molecule has 21 heavy (non-hydrogen) atoms. The summed E-state index contributed by atoms with van der Waals surface area (Å²) in [6.07, 6.45) is 2.04. The number of rotatable bonds is 3. The van der Waals surface area contributed by atoms with E-state index in [9.17, 15) is 5.11 Å². The Hall–Kier alpha value is -1.56. The number of aliphatic hydroxyl groups is 1. The Morgan fingerprint density at radius 3 is 2.67 bits per heavy atom. The summed E-state index contributed by atoms with van der Waals surface area (Å²) in [7, 11) is 0. The van der Waals surface area contributed by atoms with E-state index >= 15 is 0 Å². The van der Waals surface area contributed by atoms with Crippen molar-refractivity contribution >= 4 is 40.4 Å².